The van der Waals surface area contributed by atoms with E-state index in [1.54, 1.807) is 0 Å². The van der Waals surface area contributed by atoms with Crippen LogP contribution in [0.2, 0.25) is 0 Å². The molecule has 104 valence electrons. The molecule has 1 rings (SSSR count). The number of hydrogen-bond acceptors (Lipinski definition) is 1. The molecule has 0 fully saturated rings. The Morgan fingerprint density at radius 1 is 1.16 bits per heavy atom. The van der Waals surface area contributed by atoms with E-state index < -0.39 is 6.10 Å². The predicted molar refractivity (Wildman–Crippen MR) is 83.0 cm³/mol. The maximum absolute atomic E-state index is 10.3. The minimum atomic E-state index is -0.495. The van der Waals surface area contributed by atoms with Crippen LogP contribution in [0.15, 0.2) is 55.1 Å². The van der Waals surface area contributed by atoms with Crippen LogP contribution in [-0.2, 0) is 0 Å². The van der Waals surface area contributed by atoms with E-state index in [1.165, 1.54) is 25.7 Å². The van der Waals surface area contributed by atoms with Crippen molar-refractivity contribution in [3.8, 4) is 0 Å². The summed E-state index contributed by atoms with van der Waals surface area (Å²) in [5.74, 6) is -0.00595. The molecule has 0 aliphatic rings. The molecule has 19 heavy (non-hydrogen) atoms. The molecule has 1 N–H and O–H groups in total. The Morgan fingerprint density at radius 2 is 1.89 bits per heavy atom. The number of hydrogen-bond donors (Lipinski definition) is 1. The van der Waals surface area contributed by atoms with E-state index in [0.717, 1.165) is 12.0 Å². The van der Waals surface area contributed by atoms with Crippen molar-refractivity contribution < 1.29 is 5.11 Å². The van der Waals surface area contributed by atoms with Gasteiger partial charge in [0.25, 0.3) is 0 Å². The van der Waals surface area contributed by atoms with Crippen LogP contribution in [0.25, 0.3) is 0 Å². The zero-order chi connectivity index (χ0) is 13.9. The fourth-order valence-corrected chi connectivity index (χ4v) is 2.13. The van der Waals surface area contributed by atoms with Crippen molar-refractivity contribution in [2.75, 3.05) is 0 Å². The average molecular weight is 258 g/mol. The lowest BCUT2D eigenvalue weighted by atomic mass is 9.95. The Bertz CT molecular complexity index is 367. The van der Waals surface area contributed by atoms with Crippen LogP contribution >= 0.6 is 0 Å². The first-order chi connectivity index (χ1) is 9.29. The molecule has 0 spiro atoms. The van der Waals surface area contributed by atoms with E-state index in [0.29, 0.717) is 0 Å². The minimum absolute atomic E-state index is 0.00595. The molecular formula is C18H26O. The normalized spacial score (nSPS) is 14.4. The van der Waals surface area contributed by atoms with Gasteiger partial charge in [-0.15, -0.1) is 6.58 Å². The van der Waals surface area contributed by atoms with E-state index in [1.807, 2.05) is 36.4 Å². The predicted octanol–water partition coefficient (Wildman–Crippen LogP) is 5.05. The van der Waals surface area contributed by atoms with Gasteiger partial charge < -0.3 is 5.11 Å². The molecule has 0 saturated heterocycles. The molecular weight excluding hydrogens is 232 g/mol. The lowest BCUT2D eigenvalue weighted by molar-refractivity contribution is 0.151. The van der Waals surface area contributed by atoms with Crippen molar-refractivity contribution in [2.45, 2.75) is 45.1 Å². The van der Waals surface area contributed by atoms with Crippen LogP contribution in [0, 0.1) is 5.92 Å². The third-order valence-corrected chi connectivity index (χ3v) is 3.36. The van der Waals surface area contributed by atoms with Gasteiger partial charge in [0.2, 0.25) is 0 Å². The number of allylic oxidation sites excluding steroid dienone is 1. The third kappa shape index (κ3) is 5.89. The van der Waals surface area contributed by atoms with Gasteiger partial charge in [0.1, 0.15) is 0 Å². The molecule has 1 heteroatoms. The van der Waals surface area contributed by atoms with Gasteiger partial charge in [0, 0.05) is 5.92 Å². The van der Waals surface area contributed by atoms with Crippen LogP contribution in [-0.4, -0.2) is 5.11 Å². The highest BCUT2D eigenvalue weighted by atomic mass is 16.3. The lowest BCUT2D eigenvalue weighted by Crippen LogP contribution is -2.07. The topological polar surface area (TPSA) is 20.2 Å². The SMILES string of the molecule is C=C[C@@H](/C=C/CCCCCC)[C@@H](O)c1ccccc1. The standard InChI is InChI=1S/C18H26O/c1-3-5-6-7-8-10-13-16(4-2)18(19)17-14-11-9-12-15-17/h4,9-16,18-19H,2-3,5-8H2,1H3/b13-10+/t16-,18+/m0/s1. The van der Waals surface area contributed by atoms with Gasteiger partial charge in [-0.2, -0.15) is 0 Å². The molecule has 0 radical (unpaired) electrons. The Labute approximate surface area is 117 Å². The maximum atomic E-state index is 10.3. The summed E-state index contributed by atoms with van der Waals surface area (Å²) >= 11 is 0. The fourth-order valence-electron chi connectivity index (χ4n) is 2.13. The van der Waals surface area contributed by atoms with Gasteiger partial charge in [0.05, 0.1) is 6.10 Å². The number of unbranched alkanes of at least 4 members (excludes halogenated alkanes) is 4. The van der Waals surface area contributed by atoms with Gasteiger partial charge in [0.15, 0.2) is 0 Å². The molecule has 0 saturated carbocycles. The number of aliphatic hydroxyl groups excluding tert-OH is 1. The summed E-state index contributed by atoms with van der Waals surface area (Å²) < 4.78 is 0. The minimum Gasteiger partial charge on any atom is -0.387 e. The van der Waals surface area contributed by atoms with E-state index >= 15 is 0 Å². The van der Waals surface area contributed by atoms with Crippen molar-refractivity contribution >= 4 is 0 Å². The highest BCUT2D eigenvalue weighted by Gasteiger charge is 2.14. The first-order valence-corrected chi connectivity index (χ1v) is 7.31. The van der Waals surface area contributed by atoms with Gasteiger partial charge in [-0.3, -0.25) is 0 Å². The van der Waals surface area contributed by atoms with Gasteiger partial charge in [-0.1, -0.05) is 74.7 Å². The second-order valence-corrected chi connectivity index (χ2v) is 4.95. The Balaban J connectivity index is 2.44. The van der Waals surface area contributed by atoms with Crippen molar-refractivity contribution in [1.82, 2.24) is 0 Å². The van der Waals surface area contributed by atoms with E-state index in [-0.39, 0.29) is 5.92 Å². The maximum Gasteiger partial charge on any atom is 0.0887 e. The fraction of sp³-hybridized carbons (Fsp3) is 0.444. The Morgan fingerprint density at radius 3 is 2.53 bits per heavy atom. The van der Waals surface area contributed by atoms with E-state index in [4.69, 9.17) is 0 Å². The van der Waals surface area contributed by atoms with Crippen molar-refractivity contribution in [2.24, 2.45) is 5.92 Å². The summed E-state index contributed by atoms with van der Waals surface area (Å²) in [4.78, 5) is 0. The van der Waals surface area contributed by atoms with Crippen LogP contribution in [0.4, 0.5) is 0 Å². The van der Waals surface area contributed by atoms with Crippen LogP contribution in [0.1, 0.15) is 50.7 Å². The molecule has 0 bridgehead atoms. The molecule has 1 aromatic carbocycles. The molecule has 1 nitrogen and oxygen atoms in total. The molecule has 0 aliphatic carbocycles. The van der Waals surface area contributed by atoms with Crippen molar-refractivity contribution in [1.29, 1.82) is 0 Å². The van der Waals surface area contributed by atoms with Crippen molar-refractivity contribution in [3.05, 3.63) is 60.7 Å². The smallest absolute Gasteiger partial charge is 0.0887 e. The highest BCUT2D eigenvalue weighted by Crippen LogP contribution is 2.24. The number of benzene rings is 1. The third-order valence-electron chi connectivity index (χ3n) is 3.36. The summed E-state index contributed by atoms with van der Waals surface area (Å²) in [6.45, 7) is 6.05. The summed E-state index contributed by atoms with van der Waals surface area (Å²) in [5, 5.41) is 10.3. The first-order valence-electron chi connectivity index (χ1n) is 7.31. The monoisotopic (exact) mass is 258 g/mol. The largest absolute Gasteiger partial charge is 0.387 e. The Hall–Kier alpha value is -1.34. The summed E-state index contributed by atoms with van der Waals surface area (Å²) in [6.07, 6.45) is 11.8. The van der Waals surface area contributed by atoms with Gasteiger partial charge >= 0.3 is 0 Å². The Kier molecular flexibility index (Phi) is 7.92. The summed E-state index contributed by atoms with van der Waals surface area (Å²) in [6, 6.07) is 9.77. The average Bonchev–Trinajstić information content (AvgIpc) is 2.47. The first kappa shape index (κ1) is 15.7. The van der Waals surface area contributed by atoms with Crippen LogP contribution in [0.5, 0.6) is 0 Å². The quantitative estimate of drug-likeness (QED) is 0.485. The molecule has 0 aromatic heterocycles. The second-order valence-electron chi connectivity index (χ2n) is 4.95. The number of rotatable bonds is 9. The van der Waals surface area contributed by atoms with E-state index in [9.17, 15) is 5.11 Å². The number of aliphatic hydroxyl groups is 1. The molecule has 1 aromatic rings. The molecule has 0 amide bonds. The molecule has 0 unspecified atom stereocenters. The van der Waals surface area contributed by atoms with E-state index in [2.05, 4.69) is 25.7 Å². The molecule has 0 aliphatic heterocycles. The summed E-state index contributed by atoms with van der Waals surface area (Å²) in [7, 11) is 0. The van der Waals surface area contributed by atoms with Crippen molar-refractivity contribution in [3.63, 3.8) is 0 Å². The lowest BCUT2D eigenvalue weighted by Gasteiger charge is -2.16. The zero-order valence-electron chi connectivity index (χ0n) is 12.0. The summed E-state index contributed by atoms with van der Waals surface area (Å²) in [5.41, 5.74) is 0.947. The van der Waals surface area contributed by atoms with Gasteiger partial charge in [-0.05, 0) is 18.4 Å². The molecule has 0 heterocycles. The van der Waals surface area contributed by atoms with Gasteiger partial charge in [-0.25, -0.2) is 0 Å². The highest BCUT2D eigenvalue weighted by molar-refractivity contribution is 5.21. The zero-order valence-corrected chi connectivity index (χ0v) is 12.0. The van der Waals surface area contributed by atoms with Crippen LogP contribution < -0.4 is 0 Å². The van der Waals surface area contributed by atoms with Crippen LogP contribution in [0.3, 0.4) is 0 Å². The second kappa shape index (κ2) is 9.57. The molecule has 2 atom stereocenters.